The Morgan fingerprint density at radius 2 is 1.81 bits per heavy atom. The van der Waals surface area contributed by atoms with Gasteiger partial charge in [0.1, 0.15) is 35.5 Å². The number of aliphatic hydroxyl groups is 1. The minimum Gasteiger partial charge on any atom is -0.488 e. The van der Waals surface area contributed by atoms with Crippen LogP contribution in [0.25, 0.3) is 0 Å². The number of halogens is 4. The molecule has 0 aliphatic carbocycles. The van der Waals surface area contributed by atoms with Gasteiger partial charge < -0.3 is 14.7 Å². The summed E-state index contributed by atoms with van der Waals surface area (Å²) >= 11 is 6.28. The number of nitrogens with zero attached hydrogens (tertiary/aromatic N) is 1. The zero-order valence-corrected chi connectivity index (χ0v) is 15.2. The molecule has 3 rings (SSSR count). The van der Waals surface area contributed by atoms with Gasteiger partial charge >= 0.3 is 0 Å². The first kappa shape index (κ1) is 19.3. The number of benzene rings is 2. The third-order valence-electron chi connectivity index (χ3n) is 4.26. The molecule has 0 atom stereocenters. The van der Waals surface area contributed by atoms with E-state index in [2.05, 4.69) is 0 Å². The molecule has 1 aliphatic heterocycles. The van der Waals surface area contributed by atoms with E-state index in [1.807, 2.05) is 0 Å². The number of rotatable bonds is 5. The van der Waals surface area contributed by atoms with Crippen LogP contribution < -0.4 is 4.90 Å². The van der Waals surface area contributed by atoms with Gasteiger partial charge in [-0.1, -0.05) is 23.7 Å². The molecule has 0 unspecified atom stereocenters. The Kier molecular flexibility index (Phi) is 5.77. The SMILES string of the molecule is CC1=CC(OCc2ccc(F)cc2CO)=C(Cl)CN1c1c(F)cccc1F. The lowest BCUT2D eigenvalue weighted by atomic mass is 10.1. The highest BCUT2D eigenvalue weighted by Gasteiger charge is 2.24. The lowest BCUT2D eigenvalue weighted by molar-refractivity contribution is 0.203. The first-order valence-corrected chi connectivity index (χ1v) is 8.58. The van der Waals surface area contributed by atoms with Gasteiger partial charge in [-0.25, -0.2) is 13.2 Å². The fourth-order valence-corrected chi connectivity index (χ4v) is 3.08. The van der Waals surface area contributed by atoms with Gasteiger partial charge in [0.15, 0.2) is 0 Å². The molecule has 27 heavy (non-hydrogen) atoms. The second kappa shape index (κ2) is 8.06. The van der Waals surface area contributed by atoms with Gasteiger partial charge in [0.2, 0.25) is 0 Å². The van der Waals surface area contributed by atoms with E-state index in [0.717, 1.165) is 0 Å². The second-order valence-electron chi connectivity index (χ2n) is 6.07. The van der Waals surface area contributed by atoms with Gasteiger partial charge in [0.05, 0.1) is 18.2 Å². The smallest absolute Gasteiger partial charge is 0.149 e. The maximum Gasteiger partial charge on any atom is 0.149 e. The maximum absolute atomic E-state index is 14.1. The number of hydrogen-bond donors (Lipinski definition) is 1. The van der Waals surface area contributed by atoms with Crippen molar-refractivity contribution in [3.63, 3.8) is 0 Å². The number of hydrogen-bond acceptors (Lipinski definition) is 3. The van der Waals surface area contributed by atoms with Crippen molar-refractivity contribution in [3.8, 4) is 0 Å². The fraction of sp³-hybridized carbons (Fsp3) is 0.200. The first-order chi connectivity index (χ1) is 12.9. The Bertz CT molecular complexity index is 907. The molecule has 0 fully saturated rings. The average molecular weight is 396 g/mol. The lowest BCUT2D eigenvalue weighted by Gasteiger charge is -2.30. The Balaban J connectivity index is 1.80. The topological polar surface area (TPSA) is 32.7 Å². The zero-order valence-electron chi connectivity index (χ0n) is 14.5. The van der Waals surface area contributed by atoms with Crippen LogP contribution in [0.4, 0.5) is 18.9 Å². The molecule has 2 aromatic carbocycles. The number of anilines is 1. The molecule has 3 nitrogen and oxygen atoms in total. The van der Waals surface area contributed by atoms with Gasteiger partial charge in [-0.2, -0.15) is 0 Å². The number of ether oxygens (including phenoxy) is 1. The van der Waals surface area contributed by atoms with Crippen LogP contribution in [-0.4, -0.2) is 11.7 Å². The van der Waals surface area contributed by atoms with E-state index in [0.29, 0.717) is 22.6 Å². The highest BCUT2D eigenvalue weighted by molar-refractivity contribution is 6.30. The third-order valence-corrected chi connectivity index (χ3v) is 4.57. The molecule has 7 heteroatoms. The predicted octanol–water partition coefficient (Wildman–Crippen LogP) is 4.99. The van der Waals surface area contributed by atoms with Crippen molar-refractivity contribution in [2.75, 3.05) is 11.4 Å². The van der Waals surface area contributed by atoms with E-state index in [9.17, 15) is 18.3 Å². The van der Waals surface area contributed by atoms with Crippen molar-refractivity contribution in [3.05, 3.63) is 87.5 Å². The highest BCUT2D eigenvalue weighted by atomic mass is 35.5. The van der Waals surface area contributed by atoms with Gasteiger partial charge in [-0.3, -0.25) is 0 Å². The molecule has 1 N–H and O–H groups in total. The van der Waals surface area contributed by atoms with Crippen LogP contribution >= 0.6 is 11.6 Å². The summed E-state index contributed by atoms with van der Waals surface area (Å²) in [5.41, 5.74) is 1.41. The van der Waals surface area contributed by atoms with E-state index in [1.165, 1.54) is 41.3 Å². The summed E-state index contributed by atoms with van der Waals surface area (Å²) in [5, 5.41) is 9.61. The van der Waals surface area contributed by atoms with Crippen molar-refractivity contribution in [1.29, 1.82) is 0 Å². The molecule has 0 saturated heterocycles. The Hall–Kier alpha value is -2.44. The van der Waals surface area contributed by atoms with Crippen molar-refractivity contribution >= 4 is 17.3 Å². The summed E-state index contributed by atoms with van der Waals surface area (Å²) in [6.07, 6.45) is 1.58. The monoisotopic (exact) mass is 395 g/mol. The summed E-state index contributed by atoms with van der Waals surface area (Å²) in [4.78, 5) is 1.43. The normalized spacial score (nSPS) is 14.4. The molecule has 0 saturated carbocycles. The number of allylic oxidation sites excluding steroid dienone is 2. The third kappa shape index (κ3) is 4.12. The largest absolute Gasteiger partial charge is 0.488 e. The van der Waals surface area contributed by atoms with Crippen LogP contribution in [0.1, 0.15) is 18.1 Å². The van der Waals surface area contributed by atoms with Gasteiger partial charge in [0.25, 0.3) is 0 Å². The van der Waals surface area contributed by atoms with Gasteiger partial charge in [0, 0.05) is 11.8 Å². The highest BCUT2D eigenvalue weighted by Crippen LogP contribution is 2.33. The molecule has 1 aliphatic rings. The lowest BCUT2D eigenvalue weighted by Crippen LogP contribution is -2.28. The van der Waals surface area contributed by atoms with Crippen molar-refractivity contribution in [2.45, 2.75) is 20.1 Å². The molecule has 2 aromatic rings. The quantitative estimate of drug-likeness (QED) is 0.774. The van der Waals surface area contributed by atoms with Crippen molar-refractivity contribution < 1.29 is 23.0 Å². The first-order valence-electron chi connectivity index (χ1n) is 8.20. The Labute approximate surface area is 159 Å². The summed E-state index contributed by atoms with van der Waals surface area (Å²) < 4.78 is 47.1. The van der Waals surface area contributed by atoms with E-state index >= 15 is 0 Å². The molecule has 0 aromatic heterocycles. The van der Waals surface area contributed by atoms with E-state index in [4.69, 9.17) is 16.3 Å². The van der Waals surface area contributed by atoms with Crippen molar-refractivity contribution in [1.82, 2.24) is 0 Å². The molecule has 0 radical (unpaired) electrons. The minimum atomic E-state index is -0.685. The molecular weight excluding hydrogens is 379 g/mol. The molecule has 0 spiro atoms. The van der Waals surface area contributed by atoms with Crippen LogP contribution in [0.3, 0.4) is 0 Å². The zero-order chi connectivity index (χ0) is 19.6. The van der Waals surface area contributed by atoms with Crippen LogP contribution in [-0.2, 0) is 18.0 Å². The van der Waals surface area contributed by atoms with Gasteiger partial charge in [-0.05, 0) is 42.3 Å². The standard InChI is InChI=1S/C20H17ClF3NO2/c1-12-7-19(27-11-13-5-6-15(22)8-14(13)10-26)16(21)9-25(12)20-17(23)3-2-4-18(20)24/h2-8,26H,9-11H2,1H3. The second-order valence-corrected chi connectivity index (χ2v) is 6.53. The average Bonchev–Trinajstić information content (AvgIpc) is 2.63. The molecule has 0 amide bonds. The maximum atomic E-state index is 14.1. The summed E-state index contributed by atoms with van der Waals surface area (Å²) in [7, 11) is 0. The van der Waals surface area contributed by atoms with E-state index in [-0.39, 0.29) is 30.5 Å². The number of aliphatic hydroxyl groups excluding tert-OH is 1. The summed E-state index contributed by atoms with van der Waals surface area (Å²) in [5.74, 6) is -1.46. The minimum absolute atomic E-state index is 0.0490. The van der Waals surface area contributed by atoms with Crippen molar-refractivity contribution in [2.24, 2.45) is 0 Å². The fourth-order valence-electron chi connectivity index (χ4n) is 2.85. The van der Waals surface area contributed by atoms with Gasteiger partial charge in [-0.15, -0.1) is 0 Å². The van der Waals surface area contributed by atoms with E-state index < -0.39 is 17.5 Å². The van der Waals surface area contributed by atoms with Crippen LogP contribution in [0.15, 0.2) is 59.0 Å². The van der Waals surface area contributed by atoms with Crippen LogP contribution in [0, 0.1) is 17.5 Å². The molecule has 1 heterocycles. The molecular formula is C20H17ClF3NO2. The van der Waals surface area contributed by atoms with Crippen LogP contribution in [0.2, 0.25) is 0 Å². The number of para-hydroxylation sites is 1. The van der Waals surface area contributed by atoms with E-state index in [1.54, 1.807) is 13.0 Å². The summed E-state index contributed by atoms with van der Waals surface area (Å²) in [6, 6.07) is 7.69. The Morgan fingerprint density at radius 3 is 2.48 bits per heavy atom. The van der Waals surface area contributed by atoms with Crippen LogP contribution in [0.5, 0.6) is 0 Å². The summed E-state index contributed by atoms with van der Waals surface area (Å²) in [6.45, 7) is 1.49. The predicted molar refractivity (Wildman–Crippen MR) is 97.5 cm³/mol. The Morgan fingerprint density at radius 1 is 1.11 bits per heavy atom. The molecule has 0 bridgehead atoms. The molecule has 142 valence electrons.